The predicted octanol–water partition coefficient (Wildman–Crippen LogP) is 7.29. The van der Waals surface area contributed by atoms with Gasteiger partial charge in [0.15, 0.2) is 0 Å². The molecule has 4 bridgehead atoms. The summed E-state index contributed by atoms with van der Waals surface area (Å²) in [5.41, 5.74) is 2.95. The lowest BCUT2D eigenvalue weighted by molar-refractivity contribution is -0.00591. The molecule has 0 amide bonds. The van der Waals surface area contributed by atoms with Gasteiger partial charge in [0.2, 0.25) is 8.32 Å². The third-order valence-corrected chi connectivity index (χ3v) is 13.4. The number of rotatable bonds is 6. The van der Waals surface area contributed by atoms with E-state index in [1.807, 2.05) is 18.2 Å². The molecular formula is C29H39NO3Si. The van der Waals surface area contributed by atoms with Crippen molar-refractivity contribution < 1.29 is 14.0 Å². The Morgan fingerprint density at radius 3 is 2.26 bits per heavy atom. The third-order valence-electron chi connectivity index (χ3n) is 9.09. The first-order chi connectivity index (χ1) is 16.0. The number of aromatic nitrogens is 1. The minimum absolute atomic E-state index is 0.118. The van der Waals surface area contributed by atoms with Crippen LogP contribution in [0.1, 0.15) is 80.8 Å². The first kappa shape index (κ1) is 23.6. The molecule has 4 aliphatic rings. The van der Waals surface area contributed by atoms with E-state index in [1.165, 1.54) is 44.1 Å². The standard InChI is InChI=1S/C29H39NO3Si/c1-28(2,3)34(4,5)33-26-9-8-24(27(31)32-19-20-7-6-10-30-18-20)14-25(26)29-15-21-11-22(16-29)13-23(12-21)17-29/h6-10,14,18,21-23H,11-13,15-17,19H2,1-5H3. The normalized spacial score (nSPS) is 28.1. The van der Waals surface area contributed by atoms with Crippen LogP contribution in [0.4, 0.5) is 0 Å². The summed E-state index contributed by atoms with van der Waals surface area (Å²) in [7, 11) is -2.02. The van der Waals surface area contributed by atoms with Crippen LogP contribution in [0.15, 0.2) is 42.7 Å². The molecule has 1 aromatic carbocycles. The van der Waals surface area contributed by atoms with Crippen LogP contribution in [0.3, 0.4) is 0 Å². The Kier molecular flexibility index (Phi) is 5.90. The van der Waals surface area contributed by atoms with Crippen LogP contribution in [0, 0.1) is 17.8 Å². The molecule has 0 saturated heterocycles. The molecule has 0 atom stereocenters. The molecule has 4 fully saturated rings. The lowest BCUT2D eigenvalue weighted by atomic mass is 9.48. The molecule has 0 N–H and O–H groups in total. The number of carbonyl (C=O) groups excluding carboxylic acids is 1. The fourth-order valence-corrected chi connectivity index (χ4v) is 7.78. The van der Waals surface area contributed by atoms with Gasteiger partial charge in [0.1, 0.15) is 12.4 Å². The van der Waals surface area contributed by atoms with Crippen molar-refractivity contribution >= 4 is 14.3 Å². The monoisotopic (exact) mass is 477 g/mol. The van der Waals surface area contributed by atoms with E-state index >= 15 is 0 Å². The SMILES string of the molecule is CC(C)(C)[Si](C)(C)Oc1ccc(C(=O)OCc2cccnc2)cc1C12CC3CC(CC(C3)C1)C2. The molecular weight excluding hydrogens is 438 g/mol. The highest BCUT2D eigenvalue weighted by Gasteiger charge is 2.53. The average molecular weight is 478 g/mol. The maximum absolute atomic E-state index is 13.1. The van der Waals surface area contributed by atoms with Crippen molar-refractivity contribution in [3.8, 4) is 5.75 Å². The van der Waals surface area contributed by atoms with E-state index in [1.54, 1.807) is 12.4 Å². The Balaban J connectivity index is 1.48. The van der Waals surface area contributed by atoms with Crippen molar-refractivity contribution in [3.63, 3.8) is 0 Å². The second kappa shape index (κ2) is 8.51. The van der Waals surface area contributed by atoms with Gasteiger partial charge in [-0.2, -0.15) is 0 Å². The molecule has 6 rings (SSSR count). The van der Waals surface area contributed by atoms with Crippen molar-refractivity contribution in [3.05, 3.63) is 59.4 Å². The van der Waals surface area contributed by atoms with Crippen molar-refractivity contribution in [2.45, 2.75) is 89.5 Å². The van der Waals surface area contributed by atoms with E-state index in [9.17, 15) is 4.79 Å². The van der Waals surface area contributed by atoms with Crippen molar-refractivity contribution in [1.82, 2.24) is 4.98 Å². The number of esters is 1. The smallest absolute Gasteiger partial charge is 0.338 e. The van der Waals surface area contributed by atoms with Gasteiger partial charge >= 0.3 is 5.97 Å². The van der Waals surface area contributed by atoms with Gasteiger partial charge < -0.3 is 9.16 Å². The fraction of sp³-hybridized carbons (Fsp3) is 0.586. The number of hydrogen-bond acceptors (Lipinski definition) is 4. The maximum atomic E-state index is 13.1. The minimum atomic E-state index is -2.02. The highest BCUT2D eigenvalue weighted by atomic mass is 28.4. The Bertz CT molecular complexity index is 1020. The molecule has 0 unspecified atom stereocenters. The topological polar surface area (TPSA) is 48.4 Å². The van der Waals surface area contributed by atoms with Gasteiger partial charge in [-0.1, -0.05) is 26.8 Å². The van der Waals surface area contributed by atoms with Gasteiger partial charge in [0, 0.05) is 18.0 Å². The van der Waals surface area contributed by atoms with Crippen LogP contribution in [0.25, 0.3) is 0 Å². The number of carbonyl (C=O) groups is 1. The molecule has 0 spiro atoms. The molecule has 4 nitrogen and oxygen atoms in total. The highest BCUT2D eigenvalue weighted by molar-refractivity contribution is 6.74. The van der Waals surface area contributed by atoms with E-state index in [-0.39, 0.29) is 23.0 Å². The number of pyridine rings is 1. The molecule has 0 aliphatic heterocycles. The van der Waals surface area contributed by atoms with Crippen molar-refractivity contribution in [2.75, 3.05) is 0 Å². The summed E-state index contributed by atoms with van der Waals surface area (Å²) < 4.78 is 12.6. The van der Waals surface area contributed by atoms with Crippen LogP contribution >= 0.6 is 0 Å². The lowest BCUT2D eigenvalue weighted by Gasteiger charge is -2.57. The fourth-order valence-electron chi connectivity index (χ4n) is 6.74. The summed E-state index contributed by atoms with van der Waals surface area (Å²) >= 11 is 0. The molecule has 2 aromatic rings. The van der Waals surface area contributed by atoms with Crippen LogP contribution in [0.2, 0.25) is 18.1 Å². The van der Waals surface area contributed by atoms with Crippen molar-refractivity contribution in [2.24, 2.45) is 17.8 Å². The van der Waals surface area contributed by atoms with Crippen LogP contribution < -0.4 is 4.43 Å². The summed E-state index contributed by atoms with van der Waals surface area (Å²) in [6.45, 7) is 11.7. The number of nitrogens with zero attached hydrogens (tertiary/aromatic N) is 1. The second-order valence-electron chi connectivity index (χ2n) is 12.7. The zero-order chi connectivity index (χ0) is 24.1. The minimum Gasteiger partial charge on any atom is -0.543 e. The first-order valence-electron chi connectivity index (χ1n) is 12.9. The molecule has 4 saturated carbocycles. The first-order valence-corrected chi connectivity index (χ1v) is 15.9. The van der Waals surface area contributed by atoms with Crippen LogP contribution in [-0.4, -0.2) is 19.3 Å². The zero-order valence-electron chi connectivity index (χ0n) is 21.4. The van der Waals surface area contributed by atoms with E-state index < -0.39 is 8.32 Å². The predicted molar refractivity (Wildman–Crippen MR) is 137 cm³/mol. The van der Waals surface area contributed by atoms with Gasteiger partial charge in [-0.15, -0.1) is 0 Å². The Morgan fingerprint density at radius 2 is 1.71 bits per heavy atom. The Labute approximate surface area is 205 Å². The van der Waals surface area contributed by atoms with E-state index in [4.69, 9.17) is 9.16 Å². The van der Waals surface area contributed by atoms with Crippen molar-refractivity contribution in [1.29, 1.82) is 0 Å². The molecule has 4 aliphatic carbocycles. The van der Waals surface area contributed by atoms with E-state index in [2.05, 4.69) is 51.0 Å². The largest absolute Gasteiger partial charge is 0.543 e. The number of benzene rings is 1. The molecule has 5 heteroatoms. The second-order valence-corrected chi connectivity index (χ2v) is 17.4. The van der Waals surface area contributed by atoms with E-state index in [0.29, 0.717) is 5.56 Å². The average Bonchev–Trinajstić information content (AvgIpc) is 2.76. The molecule has 0 radical (unpaired) electrons. The zero-order valence-corrected chi connectivity index (χ0v) is 22.4. The summed E-state index contributed by atoms with van der Waals surface area (Å²) in [4.78, 5) is 17.2. The summed E-state index contributed by atoms with van der Waals surface area (Å²) in [6, 6.07) is 9.88. The van der Waals surface area contributed by atoms with Gasteiger partial charge in [0.25, 0.3) is 0 Å². The van der Waals surface area contributed by atoms with Crippen LogP contribution in [0.5, 0.6) is 5.75 Å². The Morgan fingerprint density at radius 1 is 1.06 bits per heavy atom. The van der Waals surface area contributed by atoms with Gasteiger partial charge in [-0.25, -0.2) is 4.79 Å². The Hall–Kier alpha value is -2.14. The lowest BCUT2D eigenvalue weighted by Crippen LogP contribution is -2.49. The summed E-state index contributed by atoms with van der Waals surface area (Å²) in [5.74, 6) is 3.22. The number of ether oxygens (including phenoxy) is 1. The van der Waals surface area contributed by atoms with Gasteiger partial charge in [-0.05, 0) is 110 Å². The van der Waals surface area contributed by atoms with E-state index in [0.717, 1.165) is 29.1 Å². The summed E-state index contributed by atoms with van der Waals surface area (Å²) in [6.07, 6.45) is 11.4. The summed E-state index contributed by atoms with van der Waals surface area (Å²) in [5, 5.41) is 0.118. The quantitative estimate of drug-likeness (QED) is 0.324. The van der Waals surface area contributed by atoms with Gasteiger partial charge in [-0.3, -0.25) is 4.98 Å². The van der Waals surface area contributed by atoms with Gasteiger partial charge in [0.05, 0.1) is 5.56 Å². The highest BCUT2D eigenvalue weighted by Crippen LogP contribution is 2.62. The molecule has 1 heterocycles. The maximum Gasteiger partial charge on any atom is 0.338 e. The third kappa shape index (κ3) is 4.44. The molecule has 182 valence electrons. The number of hydrogen-bond donors (Lipinski definition) is 0. The molecule has 34 heavy (non-hydrogen) atoms. The molecule has 1 aromatic heterocycles. The van der Waals surface area contributed by atoms with Crippen LogP contribution in [-0.2, 0) is 16.8 Å².